The van der Waals surface area contributed by atoms with Gasteiger partial charge in [-0.3, -0.25) is 9.69 Å². The Morgan fingerprint density at radius 3 is 2.11 bits per heavy atom. The van der Waals surface area contributed by atoms with Crippen LogP contribution in [0.3, 0.4) is 0 Å². The van der Waals surface area contributed by atoms with Crippen molar-refractivity contribution in [2.75, 3.05) is 39.3 Å². The zero-order valence-corrected chi connectivity index (χ0v) is 18.4. The van der Waals surface area contributed by atoms with Crippen LogP contribution in [0.1, 0.15) is 27.2 Å². The minimum atomic E-state index is -3.53. The van der Waals surface area contributed by atoms with Gasteiger partial charge in [-0.15, -0.1) is 0 Å². The zero-order valence-electron chi connectivity index (χ0n) is 16.8. The summed E-state index contributed by atoms with van der Waals surface area (Å²) in [5.41, 5.74) is 0. The van der Waals surface area contributed by atoms with Crippen LogP contribution in [0.15, 0.2) is 29.2 Å². The fraction of sp³-hybridized carbons (Fsp3) is 0.650. The SMILES string of the molecule is C[C@@H]1C[C@@H](C)CN(C(=O)[C@@H](C)N2CCN(S(=O)(=O)c3ccc(Cl)cc3)CC2)C1. The van der Waals surface area contributed by atoms with Crippen LogP contribution >= 0.6 is 11.6 Å². The Morgan fingerprint density at radius 2 is 1.57 bits per heavy atom. The van der Waals surface area contributed by atoms with Crippen molar-refractivity contribution in [3.8, 4) is 0 Å². The summed E-state index contributed by atoms with van der Waals surface area (Å²) < 4.78 is 27.1. The van der Waals surface area contributed by atoms with E-state index in [1.54, 1.807) is 12.1 Å². The van der Waals surface area contributed by atoms with Crippen LogP contribution in [-0.2, 0) is 14.8 Å². The van der Waals surface area contributed by atoms with E-state index in [1.165, 1.54) is 22.9 Å². The average Bonchev–Trinajstić information content (AvgIpc) is 2.66. The number of hydrogen-bond donors (Lipinski definition) is 0. The van der Waals surface area contributed by atoms with E-state index in [2.05, 4.69) is 18.7 Å². The molecular weight excluding hydrogens is 398 g/mol. The molecule has 2 heterocycles. The maximum absolute atomic E-state index is 13.0. The predicted molar refractivity (Wildman–Crippen MR) is 111 cm³/mol. The Hall–Kier alpha value is -1.15. The number of rotatable bonds is 4. The molecule has 1 aromatic rings. The number of likely N-dealkylation sites (tertiary alicyclic amines) is 1. The topological polar surface area (TPSA) is 60.9 Å². The summed E-state index contributed by atoms with van der Waals surface area (Å²) in [4.78, 5) is 17.3. The number of piperazine rings is 1. The second-order valence-electron chi connectivity index (χ2n) is 8.26. The van der Waals surface area contributed by atoms with Crippen LogP contribution in [0.2, 0.25) is 5.02 Å². The molecule has 2 saturated heterocycles. The van der Waals surface area contributed by atoms with Gasteiger partial charge in [-0.2, -0.15) is 4.31 Å². The van der Waals surface area contributed by atoms with Crippen molar-refractivity contribution in [2.45, 2.75) is 38.1 Å². The third kappa shape index (κ3) is 4.70. The highest BCUT2D eigenvalue weighted by Crippen LogP contribution is 2.24. The first-order chi connectivity index (χ1) is 13.2. The number of nitrogens with zero attached hydrogens (tertiary/aromatic N) is 3. The van der Waals surface area contributed by atoms with E-state index in [-0.39, 0.29) is 16.8 Å². The van der Waals surface area contributed by atoms with Crippen molar-refractivity contribution in [3.05, 3.63) is 29.3 Å². The quantitative estimate of drug-likeness (QED) is 0.740. The van der Waals surface area contributed by atoms with Crippen molar-refractivity contribution in [1.82, 2.24) is 14.1 Å². The Labute approximate surface area is 173 Å². The normalized spacial score (nSPS) is 26.2. The van der Waals surface area contributed by atoms with Gasteiger partial charge in [0.05, 0.1) is 10.9 Å². The number of benzene rings is 1. The molecule has 0 spiro atoms. The van der Waals surface area contributed by atoms with Gasteiger partial charge in [0.15, 0.2) is 0 Å². The van der Waals surface area contributed by atoms with E-state index < -0.39 is 10.0 Å². The minimum absolute atomic E-state index is 0.160. The maximum atomic E-state index is 13.0. The summed E-state index contributed by atoms with van der Waals surface area (Å²) in [7, 11) is -3.53. The van der Waals surface area contributed by atoms with Crippen LogP contribution < -0.4 is 0 Å². The Bertz CT molecular complexity index is 781. The fourth-order valence-electron chi connectivity index (χ4n) is 4.35. The van der Waals surface area contributed by atoms with Crippen molar-refractivity contribution < 1.29 is 13.2 Å². The zero-order chi connectivity index (χ0) is 20.5. The summed E-state index contributed by atoms with van der Waals surface area (Å²) in [6.45, 7) is 9.84. The highest BCUT2D eigenvalue weighted by Gasteiger charge is 2.34. The van der Waals surface area contributed by atoms with E-state index in [0.29, 0.717) is 43.0 Å². The molecule has 0 saturated carbocycles. The molecule has 2 aliphatic rings. The lowest BCUT2D eigenvalue weighted by molar-refractivity contribution is -0.139. The third-order valence-electron chi connectivity index (χ3n) is 5.81. The number of halogens is 1. The van der Waals surface area contributed by atoms with Gasteiger partial charge >= 0.3 is 0 Å². The lowest BCUT2D eigenvalue weighted by Gasteiger charge is -2.41. The molecule has 1 aromatic carbocycles. The van der Waals surface area contributed by atoms with E-state index in [9.17, 15) is 13.2 Å². The lowest BCUT2D eigenvalue weighted by Crippen LogP contribution is -2.56. The first-order valence-electron chi connectivity index (χ1n) is 9.97. The summed E-state index contributed by atoms with van der Waals surface area (Å²) in [5.74, 6) is 1.22. The van der Waals surface area contributed by atoms with Gasteiger partial charge in [0.25, 0.3) is 0 Å². The molecule has 0 bridgehead atoms. The van der Waals surface area contributed by atoms with Crippen molar-refractivity contribution in [2.24, 2.45) is 11.8 Å². The standard InChI is InChI=1S/C20H30ClN3O3S/c1-15-12-16(2)14-23(13-15)20(25)17(3)22-8-10-24(11-9-22)28(26,27)19-6-4-18(21)5-7-19/h4-7,15-17H,8-14H2,1-3H3/t15-,16-,17-/m1/s1. The molecule has 0 unspecified atom stereocenters. The molecule has 3 rings (SSSR count). The average molecular weight is 428 g/mol. The monoisotopic (exact) mass is 427 g/mol. The van der Waals surface area contributed by atoms with Crippen LogP contribution in [0.4, 0.5) is 0 Å². The number of piperidine rings is 1. The molecule has 0 aliphatic carbocycles. The van der Waals surface area contributed by atoms with E-state index in [4.69, 9.17) is 11.6 Å². The van der Waals surface area contributed by atoms with Crippen LogP contribution in [-0.4, -0.2) is 73.7 Å². The van der Waals surface area contributed by atoms with E-state index in [1.807, 2.05) is 11.8 Å². The summed E-state index contributed by atoms with van der Waals surface area (Å²) >= 11 is 5.86. The lowest BCUT2D eigenvalue weighted by atomic mass is 9.91. The summed E-state index contributed by atoms with van der Waals surface area (Å²) in [6.07, 6.45) is 1.17. The number of amides is 1. The van der Waals surface area contributed by atoms with Gasteiger partial charge in [0, 0.05) is 44.3 Å². The number of sulfonamides is 1. The van der Waals surface area contributed by atoms with Gasteiger partial charge in [0.1, 0.15) is 0 Å². The van der Waals surface area contributed by atoms with Gasteiger partial charge in [-0.05, 0) is 49.4 Å². The molecule has 156 valence electrons. The van der Waals surface area contributed by atoms with Crippen LogP contribution in [0.25, 0.3) is 0 Å². The van der Waals surface area contributed by atoms with Gasteiger partial charge in [-0.1, -0.05) is 25.4 Å². The molecule has 0 aromatic heterocycles. The van der Waals surface area contributed by atoms with Crippen molar-refractivity contribution in [3.63, 3.8) is 0 Å². The molecule has 0 N–H and O–H groups in total. The second-order valence-corrected chi connectivity index (χ2v) is 10.6. The summed E-state index contributed by atoms with van der Waals surface area (Å²) in [5, 5.41) is 0.512. The Balaban J connectivity index is 1.60. The molecule has 1 amide bonds. The van der Waals surface area contributed by atoms with E-state index in [0.717, 1.165) is 13.1 Å². The van der Waals surface area contributed by atoms with Crippen LogP contribution in [0, 0.1) is 11.8 Å². The highest BCUT2D eigenvalue weighted by atomic mass is 35.5. The molecule has 6 nitrogen and oxygen atoms in total. The largest absolute Gasteiger partial charge is 0.341 e. The first-order valence-corrected chi connectivity index (χ1v) is 11.8. The highest BCUT2D eigenvalue weighted by molar-refractivity contribution is 7.89. The predicted octanol–water partition coefficient (Wildman–Crippen LogP) is 2.54. The molecule has 3 atom stereocenters. The number of carbonyl (C=O) groups is 1. The van der Waals surface area contributed by atoms with Crippen LogP contribution in [0.5, 0.6) is 0 Å². The molecule has 2 fully saturated rings. The molecule has 0 radical (unpaired) electrons. The van der Waals surface area contributed by atoms with Gasteiger partial charge < -0.3 is 4.90 Å². The Morgan fingerprint density at radius 1 is 1.04 bits per heavy atom. The third-order valence-corrected chi connectivity index (χ3v) is 7.98. The van der Waals surface area contributed by atoms with Gasteiger partial charge in [-0.25, -0.2) is 8.42 Å². The smallest absolute Gasteiger partial charge is 0.243 e. The number of hydrogen-bond acceptors (Lipinski definition) is 4. The van der Waals surface area contributed by atoms with Gasteiger partial charge in [0.2, 0.25) is 15.9 Å². The maximum Gasteiger partial charge on any atom is 0.243 e. The molecular formula is C20H30ClN3O3S. The first kappa shape index (κ1) is 21.6. The number of carbonyl (C=O) groups excluding carboxylic acids is 1. The van der Waals surface area contributed by atoms with Crippen molar-refractivity contribution >= 4 is 27.5 Å². The van der Waals surface area contributed by atoms with E-state index >= 15 is 0 Å². The second kappa shape index (κ2) is 8.69. The Kier molecular flexibility index (Phi) is 6.69. The molecule has 8 heteroatoms. The minimum Gasteiger partial charge on any atom is -0.341 e. The molecule has 28 heavy (non-hydrogen) atoms. The fourth-order valence-corrected chi connectivity index (χ4v) is 5.90. The molecule has 2 aliphatic heterocycles. The summed E-state index contributed by atoms with van der Waals surface area (Å²) in [6, 6.07) is 6.03. The van der Waals surface area contributed by atoms with Crippen molar-refractivity contribution in [1.29, 1.82) is 0 Å².